The normalized spacial score (nSPS) is 18.6. The summed E-state index contributed by atoms with van der Waals surface area (Å²) in [5, 5.41) is 8.87. The summed E-state index contributed by atoms with van der Waals surface area (Å²) >= 11 is 0. The average Bonchev–Trinajstić information content (AvgIpc) is 2.24. The van der Waals surface area contributed by atoms with Gasteiger partial charge in [-0.2, -0.15) is 10.2 Å². The lowest BCUT2D eigenvalue weighted by molar-refractivity contribution is 0.577. The Kier molecular flexibility index (Phi) is 3.41. The summed E-state index contributed by atoms with van der Waals surface area (Å²) in [7, 11) is 0. The van der Waals surface area contributed by atoms with Gasteiger partial charge < -0.3 is 0 Å². The number of nitrogens with zero attached hydrogens (tertiary/aromatic N) is 2. The first-order valence-corrected chi connectivity index (χ1v) is 5.93. The first kappa shape index (κ1) is 13.1. The predicted molar refractivity (Wildman–Crippen MR) is 72.2 cm³/mol. The van der Waals surface area contributed by atoms with Crippen LogP contribution in [-0.2, 0) is 0 Å². The highest BCUT2D eigenvalue weighted by atomic mass is 15.2. The molecule has 1 aliphatic heterocycles. The topological polar surface area (TPSA) is 24.7 Å². The van der Waals surface area contributed by atoms with E-state index in [1.54, 1.807) is 0 Å². The summed E-state index contributed by atoms with van der Waals surface area (Å²) in [6, 6.07) is 0. The van der Waals surface area contributed by atoms with Gasteiger partial charge >= 0.3 is 0 Å². The van der Waals surface area contributed by atoms with Crippen LogP contribution in [0.15, 0.2) is 21.9 Å². The summed E-state index contributed by atoms with van der Waals surface area (Å²) < 4.78 is 0. The Morgan fingerprint density at radius 3 is 1.94 bits per heavy atom. The van der Waals surface area contributed by atoms with Crippen molar-refractivity contribution in [2.75, 3.05) is 0 Å². The van der Waals surface area contributed by atoms with Crippen LogP contribution in [0.3, 0.4) is 0 Å². The minimum atomic E-state index is 0.0676. The largest absolute Gasteiger partial charge is 0.159 e. The Balaban J connectivity index is 3.14. The summed E-state index contributed by atoms with van der Waals surface area (Å²) in [5.74, 6) is 0. The molecule has 16 heavy (non-hydrogen) atoms. The second-order valence-corrected chi connectivity index (χ2v) is 6.70. The smallest absolute Gasteiger partial charge is 0.0683 e. The molecule has 0 saturated heterocycles. The van der Waals surface area contributed by atoms with Crippen molar-refractivity contribution in [1.82, 2.24) is 0 Å². The lowest BCUT2D eigenvalue weighted by Gasteiger charge is -2.19. The van der Waals surface area contributed by atoms with E-state index in [1.807, 2.05) is 0 Å². The number of allylic oxidation sites excluding steroid dienone is 2. The molecule has 90 valence electrons. The highest BCUT2D eigenvalue weighted by Gasteiger charge is 2.24. The van der Waals surface area contributed by atoms with Crippen LogP contribution in [0.25, 0.3) is 0 Å². The summed E-state index contributed by atoms with van der Waals surface area (Å²) in [6.45, 7) is 15.3. The summed E-state index contributed by atoms with van der Waals surface area (Å²) in [5.41, 5.74) is 3.76. The predicted octanol–water partition coefficient (Wildman–Crippen LogP) is 4.23. The fourth-order valence-corrected chi connectivity index (χ4v) is 1.51. The Labute approximate surface area is 99.5 Å². The highest BCUT2D eigenvalue weighted by molar-refractivity contribution is 6.02. The van der Waals surface area contributed by atoms with E-state index in [1.165, 1.54) is 11.3 Å². The van der Waals surface area contributed by atoms with Gasteiger partial charge in [0.25, 0.3) is 0 Å². The molecule has 0 atom stereocenters. The van der Waals surface area contributed by atoms with Crippen molar-refractivity contribution in [3.63, 3.8) is 0 Å². The molecule has 0 spiro atoms. The number of rotatable bonds is 0. The Morgan fingerprint density at radius 2 is 1.50 bits per heavy atom. The molecule has 0 aromatic heterocycles. The molecule has 1 heterocycles. The fourth-order valence-electron chi connectivity index (χ4n) is 1.51. The van der Waals surface area contributed by atoms with Crippen LogP contribution in [0.5, 0.6) is 0 Å². The fraction of sp³-hybridized carbons (Fsp3) is 0.714. The lowest BCUT2D eigenvalue weighted by atomic mass is 9.85. The molecule has 1 rings (SSSR count). The quantitative estimate of drug-likeness (QED) is 0.584. The first-order valence-electron chi connectivity index (χ1n) is 5.93. The van der Waals surface area contributed by atoms with E-state index >= 15 is 0 Å². The molecular formula is C14H24N2. The van der Waals surface area contributed by atoms with Crippen molar-refractivity contribution >= 4 is 11.4 Å². The average molecular weight is 220 g/mol. The third-order valence-electron chi connectivity index (χ3n) is 2.74. The van der Waals surface area contributed by atoms with Crippen molar-refractivity contribution in [2.24, 2.45) is 21.0 Å². The minimum Gasteiger partial charge on any atom is -0.159 e. The van der Waals surface area contributed by atoms with E-state index in [2.05, 4.69) is 64.7 Å². The summed E-state index contributed by atoms with van der Waals surface area (Å²) in [4.78, 5) is 0. The number of hydrogen-bond acceptors (Lipinski definition) is 2. The van der Waals surface area contributed by atoms with Crippen molar-refractivity contribution in [1.29, 1.82) is 0 Å². The third kappa shape index (κ3) is 3.29. The van der Waals surface area contributed by atoms with Crippen LogP contribution >= 0.6 is 0 Å². The van der Waals surface area contributed by atoms with E-state index in [-0.39, 0.29) is 10.8 Å². The molecule has 0 fully saturated rings. The maximum absolute atomic E-state index is 4.45. The van der Waals surface area contributed by atoms with Gasteiger partial charge in [0, 0.05) is 23.0 Å². The second-order valence-electron chi connectivity index (χ2n) is 6.70. The SMILES string of the molecule is CC1=CC(C(C)(C)C)=NN=C(C(C)(C)C)C1. The van der Waals surface area contributed by atoms with E-state index in [0.717, 1.165) is 12.1 Å². The Morgan fingerprint density at radius 1 is 0.938 bits per heavy atom. The number of hydrogen-bond donors (Lipinski definition) is 0. The van der Waals surface area contributed by atoms with Gasteiger partial charge in [0.05, 0.1) is 5.71 Å². The molecule has 0 aromatic carbocycles. The van der Waals surface area contributed by atoms with Gasteiger partial charge in [-0.25, -0.2) is 0 Å². The van der Waals surface area contributed by atoms with Gasteiger partial charge in [-0.05, 0) is 13.0 Å². The summed E-state index contributed by atoms with van der Waals surface area (Å²) in [6.07, 6.45) is 3.12. The molecule has 0 aromatic rings. The van der Waals surface area contributed by atoms with Crippen molar-refractivity contribution < 1.29 is 0 Å². The minimum absolute atomic E-state index is 0.0676. The van der Waals surface area contributed by atoms with Crippen molar-refractivity contribution in [2.45, 2.75) is 54.9 Å². The van der Waals surface area contributed by atoms with Gasteiger partial charge in [0.2, 0.25) is 0 Å². The van der Waals surface area contributed by atoms with Gasteiger partial charge in [-0.15, -0.1) is 0 Å². The van der Waals surface area contributed by atoms with Crippen molar-refractivity contribution in [3.05, 3.63) is 11.6 Å². The van der Waals surface area contributed by atoms with E-state index in [9.17, 15) is 0 Å². The molecule has 2 nitrogen and oxygen atoms in total. The maximum Gasteiger partial charge on any atom is 0.0683 e. The molecule has 0 N–H and O–H groups in total. The molecule has 0 bridgehead atoms. The Bertz CT molecular complexity index is 357. The molecule has 1 aliphatic rings. The molecule has 0 aliphatic carbocycles. The zero-order chi connectivity index (χ0) is 12.6. The van der Waals surface area contributed by atoms with Crippen LogP contribution in [0.2, 0.25) is 0 Å². The monoisotopic (exact) mass is 220 g/mol. The Hall–Kier alpha value is -0.920. The molecule has 0 unspecified atom stereocenters. The maximum atomic E-state index is 4.45. The molecule has 0 amide bonds. The van der Waals surface area contributed by atoms with Crippen molar-refractivity contribution in [3.8, 4) is 0 Å². The van der Waals surface area contributed by atoms with Gasteiger partial charge in [0.1, 0.15) is 0 Å². The molecule has 2 heteroatoms. The van der Waals surface area contributed by atoms with E-state index < -0.39 is 0 Å². The highest BCUT2D eigenvalue weighted by Crippen LogP contribution is 2.26. The standard InChI is InChI=1S/C14H24N2/c1-10-8-11(13(2,3)4)15-16-12(9-10)14(5,6)7/h8H,9H2,1-7H3. The first-order chi connectivity index (χ1) is 7.10. The molecule has 0 radical (unpaired) electrons. The van der Waals surface area contributed by atoms with Crippen LogP contribution in [0, 0.1) is 10.8 Å². The van der Waals surface area contributed by atoms with Crippen LogP contribution < -0.4 is 0 Å². The second kappa shape index (κ2) is 4.15. The van der Waals surface area contributed by atoms with Crippen LogP contribution in [0.4, 0.5) is 0 Å². The van der Waals surface area contributed by atoms with E-state index in [4.69, 9.17) is 0 Å². The molecular weight excluding hydrogens is 196 g/mol. The zero-order valence-corrected chi connectivity index (χ0v) is 11.7. The van der Waals surface area contributed by atoms with Gasteiger partial charge in [0.15, 0.2) is 0 Å². The van der Waals surface area contributed by atoms with Crippen LogP contribution in [0.1, 0.15) is 54.9 Å². The third-order valence-corrected chi connectivity index (χ3v) is 2.74. The van der Waals surface area contributed by atoms with Gasteiger partial charge in [-0.1, -0.05) is 47.1 Å². The van der Waals surface area contributed by atoms with Crippen LogP contribution in [-0.4, -0.2) is 11.4 Å². The molecule has 0 saturated carbocycles. The lowest BCUT2D eigenvalue weighted by Crippen LogP contribution is -2.20. The zero-order valence-electron chi connectivity index (χ0n) is 11.7. The van der Waals surface area contributed by atoms with E-state index in [0.29, 0.717) is 0 Å². The van der Waals surface area contributed by atoms with Gasteiger partial charge in [-0.3, -0.25) is 0 Å².